The van der Waals surface area contributed by atoms with Crippen LogP contribution in [0.2, 0.25) is 0 Å². The van der Waals surface area contributed by atoms with Gasteiger partial charge in [-0.15, -0.1) is 0 Å². The second-order valence-electron chi connectivity index (χ2n) is 4.97. The first-order valence-electron chi connectivity index (χ1n) is 7.28. The van der Waals surface area contributed by atoms with Gasteiger partial charge in [-0.2, -0.15) is 0 Å². The number of ether oxygens (including phenoxy) is 3. The highest BCUT2D eigenvalue weighted by Gasteiger charge is 2.16. The number of aliphatic hydroxyl groups excluding tert-OH is 1. The number of hydrogen-bond donors (Lipinski definition) is 2. The van der Waals surface area contributed by atoms with Gasteiger partial charge in [0.05, 0.1) is 26.9 Å². The van der Waals surface area contributed by atoms with Gasteiger partial charge in [0.2, 0.25) is 0 Å². The lowest BCUT2D eigenvalue weighted by Crippen LogP contribution is -2.36. The minimum Gasteiger partial charge on any atom is -0.497 e. The van der Waals surface area contributed by atoms with Crippen molar-refractivity contribution >= 4 is 0 Å². The molecule has 0 aromatic heterocycles. The molecule has 0 aliphatic carbocycles. The molecule has 5 heteroatoms. The summed E-state index contributed by atoms with van der Waals surface area (Å²) in [7, 11) is 4.88. The Hall–Kier alpha value is -1.30. The van der Waals surface area contributed by atoms with Crippen molar-refractivity contribution in [3.63, 3.8) is 0 Å². The number of aliphatic hydroxyl groups is 1. The fourth-order valence-corrected chi connectivity index (χ4v) is 2.28. The van der Waals surface area contributed by atoms with Crippen molar-refractivity contribution in [3.05, 3.63) is 23.8 Å². The zero-order valence-electron chi connectivity index (χ0n) is 13.4. The van der Waals surface area contributed by atoms with E-state index in [1.54, 1.807) is 33.5 Å². The van der Waals surface area contributed by atoms with Crippen LogP contribution >= 0.6 is 0 Å². The van der Waals surface area contributed by atoms with Crippen molar-refractivity contribution in [2.24, 2.45) is 0 Å². The molecular weight excluding hydrogens is 270 g/mol. The second kappa shape index (κ2) is 9.60. The third kappa shape index (κ3) is 5.53. The van der Waals surface area contributed by atoms with Crippen LogP contribution < -0.4 is 14.8 Å². The number of nitrogens with one attached hydrogen (secondary N) is 1. The molecule has 0 radical (unpaired) electrons. The first-order valence-corrected chi connectivity index (χ1v) is 7.28. The molecule has 2 atom stereocenters. The Morgan fingerprint density at radius 3 is 2.52 bits per heavy atom. The monoisotopic (exact) mass is 297 g/mol. The van der Waals surface area contributed by atoms with Crippen molar-refractivity contribution < 1.29 is 19.3 Å². The molecule has 1 rings (SSSR count). The molecule has 0 aliphatic heterocycles. The molecule has 0 fully saturated rings. The Morgan fingerprint density at radius 2 is 1.95 bits per heavy atom. The zero-order chi connectivity index (χ0) is 15.7. The van der Waals surface area contributed by atoms with Gasteiger partial charge in [-0.05, 0) is 24.6 Å². The number of hydrogen-bond acceptors (Lipinski definition) is 5. The van der Waals surface area contributed by atoms with Crippen LogP contribution in [-0.4, -0.2) is 45.6 Å². The van der Waals surface area contributed by atoms with Gasteiger partial charge >= 0.3 is 0 Å². The van der Waals surface area contributed by atoms with Crippen LogP contribution in [0.25, 0.3) is 0 Å². The predicted molar refractivity (Wildman–Crippen MR) is 83.1 cm³/mol. The van der Waals surface area contributed by atoms with Crippen molar-refractivity contribution in [1.82, 2.24) is 5.32 Å². The molecule has 0 amide bonds. The molecule has 0 bridgehead atoms. The molecule has 2 N–H and O–H groups in total. The Labute approximate surface area is 127 Å². The van der Waals surface area contributed by atoms with Gasteiger partial charge in [-0.25, -0.2) is 0 Å². The van der Waals surface area contributed by atoms with Crippen LogP contribution in [0.5, 0.6) is 11.5 Å². The normalized spacial score (nSPS) is 13.8. The van der Waals surface area contributed by atoms with E-state index in [0.717, 1.165) is 18.4 Å². The van der Waals surface area contributed by atoms with Gasteiger partial charge in [0.15, 0.2) is 0 Å². The Bertz CT molecular complexity index is 405. The Kier molecular flexibility index (Phi) is 8.12. The molecule has 5 nitrogen and oxygen atoms in total. The lowest BCUT2D eigenvalue weighted by Gasteiger charge is -2.21. The molecule has 21 heavy (non-hydrogen) atoms. The predicted octanol–water partition coefficient (Wildman–Crippen LogP) is 2.14. The summed E-state index contributed by atoms with van der Waals surface area (Å²) in [6, 6.07) is 5.66. The summed E-state index contributed by atoms with van der Waals surface area (Å²) >= 11 is 0. The van der Waals surface area contributed by atoms with Gasteiger partial charge in [0.25, 0.3) is 0 Å². The third-order valence-corrected chi connectivity index (χ3v) is 3.40. The quantitative estimate of drug-likeness (QED) is 0.693. The molecule has 0 saturated carbocycles. The molecule has 0 spiro atoms. The SMILES string of the molecule is CCCC(COC)NCC(O)c1cc(OC)ccc1OC. The van der Waals surface area contributed by atoms with E-state index in [2.05, 4.69) is 12.2 Å². The molecule has 0 heterocycles. The standard InChI is InChI=1S/C16H27NO4/c1-5-6-12(11-19-2)17-10-15(18)14-9-13(20-3)7-8-16(14)21-4/h7-9,12,15,17-18H,5-6,10-11H2,1-4H3. The van der Waals surface area contributed by atoms with E-state index in [0.29, 0.717) is 24.7 Å². The molecule has 0 aliphatic rings. The Morgan fingerprint density at radius 1 is 1.19 bits per heavy atom. The number of benzene rings is 1. The second-order valence-corrected chi connectivity index (χ2v) is 4.97. The van der Waals surface area contributed by atoms with Gasteiger partial charge in [0.1, 0.15) is 11.5 Å². The maximum Gasteiger partial charge on any atom is 0.124 e. The zero-order valence-corrected chi connectivity index (χ0v) is 13.4. The largest absolute Gasteiger partial charge is 0.497 e. The molecule has 1 aromatic carbocycles. The van der Waals surface area contributed by atoms with Gasteiger partial charge in [0, 0.05) is 25.3 Å². The minimum absolute atomic E-state index is 0.242. The summed E-state index contributed by atoms with van der Waals surface area (Å²) in [5.74, 6) is 1.36. The third-order valence-electron chi connectivity index (χ3n) is 3.40. The summed E-state index contributed by atoms with van der Waals surface area (Å²) in [4.78, 5) is 0. The maximum absolute atomic E-state index is 10.4. The van der Waals surface area contributed by atoms with E-state index in [1.165, 1.54) is 0 Å². The summed E-state index contributed by atoms with van der Waals surface area (Å²) < 4.78 is 15.7. The lowest BCUT2D eigenvalue weighted by atomic mass is 10.1. The summed E-state index contributed by atoms with van der Waals surface area (Å²) in [6.45, 7) is 3.21. The first-order chi connectivity index (χ1) is 10.2. The number of methoxy groups -OCH3 is 3. The van der Waals surface area contributed by atoms with E-state index < -0.39 is 6.10 Å². The van der Waals surface area contributed by atoms with Gasteiger partial charge in [-0.1, -0.05) is 13.3 Å². The highest BCUT2D eigenvalue weighted by Crippen LogP contribution is 2.29. The maximum atomic E-state index is 10.4. The fourth-order valence-electron chi connectivity index (χ4n) is 2.28. The van der Waals surface area contributed by atoms with Crippen molar-refractivity contribution in [2.75, 3.05) is 34.5 Å². The van der Waals surface area contributed by atoms with Gasteiger partial charge in [-0.3, -0.25) is 0 Å². The van der Waals surface area contributed by atoms with Crippen LogP contribution in [0.4, 0.5) is 0 Å². The molecule has 120 valence electrons. The molecular formula is C16H27NO4. The van der Waals surface area contributed by atoms with Crippen molar-refractivity contribution in [1.29, 1.82) is 0 Å². The topological polar surface area (TPSA) is 60.0 Å². The lowest BCUT2D eigenvalue weighted by molar-refractivity contribution is 0.134. The highest BCUT2D eigenvalue weighted by molar-refractivity contribution is 5.41. The highest BCUT2D eigenvalue weighted by atomic mass is 16.5. The van der Waals surface area contributed by atoms with Crippen LogP contribution in [0.3, 0.4) is 0 Å². The van der Waals surface area contributed by atoms with Crippen LogP contribution in [0.15, 0.2) is 18.2 Å². The average Bonchev–Trinajstić information content (AvgIpc) is 2.52. The number of rotatable bonds is 10. The fraction of sp³-hybridized carbons (Fsp3) is 0.625. The Balaban J connectivity index is 2.71. The summed E-state index contributed by atoms with van der Waals surface area (Å²) in [5, 5.41) is 13.7. The summed E-state index contributed by atoms with van der Waals surface area (Å²) in [5.41, 5.74) is 0.719. The molecule has 0 saturated heterocycles. The van der Waals surface area contributed by atoms with Crippen molar-refractivity contribution in [3.8, 4) is 11.5 Å². The van der Waals surface area contributed by atoms with Gasteiger partial charge < -0.3 is 24.6 Å². The van der Waals surface area contributed by atoms with E-state index in [9.17, 15) is 5.11 Å². The van der Waals surface area contributed by atoms with Crippen molar-refractivity contribution in [2.45, 2.75) is 31.9 Å². The van der Waals surface area contributed by atoms with E-state index >= 15 is 0 Å². The molecule has 1 aromatic rings. The van der Waals surface area contributed by atoms with Crippen LogP contribution in [-0.2, 0) is 4.74 Å². The smallest absolute Gasteiger partial charge is 0.124 e. The minimum atomic E-state index is -0.661. The van der Waals surface area contributed by atoms with E-state index in [-0.39, 0.29) is 6.04 Å². The molecule has 2 unspecified atom stereocenters. The summed E-state index contributed by atoms with van der Waals surface area (Å²) in [6.07, 6.45) is 1.42. The van der Waals surface area contributed by atoms with E-state index in [1.807, 2.05) is 6.07 Å². The van der Waals surface area contributed by atoms with Crippen LogP contribution in [0.1, 0.15) is 31.4 Å². The first kappa shape index (κ1) is 17.8. The average molecular weight is 297 g/mol. The van der Waals surface area contributed by atoms with E-state index in [4.69, 9.17) is 14.2 Å². The van der Waals surface area contributed by atoms with Crippen LogP contribution in [0, 0.1) is 0 Å².